The topological polar surface area (TPSA) is 116 Å². The number of Topliss-reactive ketones (excluding diaryl/α,β-unsaturated/α-hetero) is 1. The molecule has 0 aliphatic carbocycles. The van der Waals surface area contributed by atoms with Gasteiger partial charge in [-0.2, -0.15) is 9.90 Å². The second-order valence-corrected chi connectivity index (χ2v) is 6.20. The Balaban J connectivity index is 1.71. The van der Waals surface area contributed by atoms with E-state index < -0.39 is 24.3 Å². The fourth-order valence-electron chi connectivity index (χ4n) is 2.91. The summed E-state index contributed by atoms with van der Waals surface area (Å²) in [6.45, 7) is 4.66. The highest BCUT2D eigenvalue weighted by molar-refractivity contribution is 6.09. The summed E-state index contributed by atoms with van der Waals surface area (Å²) < 4.78 is 10.1. The lowest BCUT2D eigenvalue weighted by Gasteiger charge is -2.06. The van der Waals surface area contributed by atoms with Crippen molar-refractivity contribution in [2.75, 3.05) is 13.2 Å². The van der Waals surface area contributed by atoms with Crippen molar-refractivity contribution in [3.8, 4) is 5.69 Å². The van der Waals surface area contributed by atoms with Gasteiger partial charge in [-0.25, -0.2) is 9.59 Å². The summed E-state index contributed by atoms with van der Waals surface area (Å²) in [4.78, 5) is 41.3. The van der Waals surface area contributed by atoms with E-state index in [1.54, 1.807) is 32.9 Å². The first-order valence-corrected chi connectivity index (χ1v) is 8.96. The van der Waals surface area contributed by atoms with Crippen molar-refractivity contribution in [1.29, 1.82) is 0 Å². The number of nitrogens with zero attached hydrogens (tertiary/aromatic N) is 3. The number of benzene rings is 1. The van der Waals surface area contributed by atoms with Gasteiger partial charge in [0.2, 0.25) is 5.78 Å². The molecule has 0 aliphatic rings. The molecule has 0 saturated heterocycles. The largest absolute Gasteiger partial charge is 0.462 e. The van der Waals surface area contributed by atoms with E-state index in [4.69, 9.17) is 9.47 Å². The van der Waals surface area contributed by atoms with Crippen LogP contribution in [0.25, 0.3) is 5.69 Å². The van der Waals surface area contributed by atoms with Gasteiger partial charge in [0.25, 0.3) is 0 Å². The van der Waals surface area contributed by atoms with Crippen molar-refractivity contribution in [2.45, 2.75) is 20.8 Å². The maximum Gasteiger partial charge on any atom is 0.361 e. The lowest BCUT2D eigenvalue weighted by Crippen LogP contribution is -2.18. The molecule has 0 amide bonds. The van der Waals surface area contributed by atoms with Crippen LogP contribution in [0.1, 0.15) is 49.5 Å². The number of aromatic nitrogens is 4. The molecule has 0 radical (unpaired) electrons. The molecule has 0 unspecified atom stereocenters. The van der Waals surface area contributed by atoms with E-state index in [1.165, 1.54) is 11.0 Å². The van der Waals surface area contributed by atoms with E-state index in [2.05, 4.69) is 15.2 Å². The Bertz CT molecular complexity index is 1050. The molecule has 2 aromatic heterocycles. The molecule has 0 saturated carbocycles. The second-order valence-electron chi connectivity index (χ2n) is 6.20. The minimum Gasteiger partial charge on any atom is -0.462 e. The number of hydrogen-bond donors (Lipinski definition) is 1. The van der Waals surface area contributed by atoms with Crippen LogP contribution in [-0.4, -0.2) is 50.9 Å². The lowest BCUT2D eigenvalue weighted by atomic mass is 10.1. The Morgan fingerprint density at radius 2 is 1.69 bits per heavy atom. The molecule has 9 nitrogen and oxygen atoms in total. The highest BCUT2D eigenvalue weighted by Gasteiger charge is 2.26. The van der Waals surface area contributed by atoms with Crippen LogP contribution in [-0.2, 0) is 9.47 Å². The third-order valence-electron chi connectivity index (χ3n) is 4.16. The summed E-state index contributed by atoms with van der Waals surface area (Å²) >= 11 is 0. The molecular formula is C20H20N4O5. The average Bonchev–Trinajstić information content (AvgIpc) is 3.31. The fraction of sp³-hybridized carbons (Fsp3) is 0.250. The highest BCUT2D eigenvalue weighted by Crippen LogP contribution is 2.20. The van der Waals surface area contributed by atoms with Crippen LogP contribution >= 0.6 is 0 Å². The van der Waals surface area contributed by atoms with Gasteiger partial charge in [-0.15, -0.1) is 5.10 Å². The molecule has 0 bridgehead atoms. The summed E-state index contributed by atoms with van der Waals surface area (Å²) in [5, 5.41) is 8.08. The maximum absolute atomic E-state index is 12.6. The number of H-pyrrole nitrogens is 1. The number of ketones is 1. The molecule has 150 valence electrons. The van der Waals surface area contributed by atoms with Gasteiger partial charge in [0, 0.05) is 11.4 Å². The standard InChI is InChI=1S/C20H20N4O5/c1-4-28-20(27)18-13(3)22-12(2)17(18)16(25)11-29-19(26)15-10-21-24(23-15)14-8-6-5-7-9-14/h5-10,22H,4,11H2,1-3H3. The van der Waals surface area contributed by atoms with Crippen LogP contribution in [0.5, 0.6) is 0 Å². The molecule has 1 N–H and O–H groups in total. The summed E-state index contributed by atoms with van der Waals surface area (Å²) in [5.74, 6) is -1.91. The Morgan fingerprint density at radius 3 is 2.38 bits per heavy atom. The molecule has 29 heavy (non-hydrogen) atoms. The maximum atomic E-state index is 12.6. The van der Waals surface area contributed by atoms with Crippen LogP contribution in [0, 0.1) is 13.8 Å². The lowest BCUT2D eigenvalue weighted by molar-refractivity contribution is 0.0466. The molecular weight excluding hydrogens is 376 g/mol. The number of aromatic amines is 1. The predicted octanol–water partition coefficient (Wildman–Crippen LogP) is 2.43. The monoisotopic (exact) mass is 396 g/mol. The van der Waals surface area contributed by atoms with Crippen molar-refractivity contribution in [2.24, 2.45) is 0 Å². The van der Waals surface area contributed by atoms with Gasteiger partial charge < -0.3 is 14.5 Å². The van der Waals surface area contributed by atoms with Crippen molar-refractivity contribution in [1.82, 2.24) is 20.0 Å². The minimum atomic E-state index is -0.789. The van der Waals surface area contributed by atoms with Gasteiger partial charge in [0.1, 0.15) is 0 Å². The van der Waals surface area contributed by atoms with E-state index in [0.717, 1.165) is 0 Å². The number of aryl methyl sites for hydroxylation is 2. The third-order valence-corrected chi connectivity index (χ3v) is 4.16. The quantitative estimate of drug-likeness (QED) is 0.481. The van der Waals surface area contributed by atoms with Crippen molar-refractivity contribution in [3.05, 3.63) is 64.7 Å². The number of esters is 2. The molecule has 9 heteroatoms. The van der Waals surface area contributed by atoms with E-state index in [-0.39, 0.29) is 23.4 Å². The van der Waals surface area contributed by atoms with Gasteiger partial charge in [-0.05, 0) is 32.9 Å². The van der Waals surface area contributed by atoms with Gasteiger partial charge in [0.05, 0.1) is 29.6 Å². The number of ether oxygens (including phenoxy) is 2. The van der Waals surface area contributed by atoms with Gasteiger partial charge in [-0.3, -0.25) is 4.79 Å². The van der Waals surface area contributed by atoms with Crippen LogP contribution < -0.4 is 0 Å². The molecule has 1 aromatic carbocycles. The van der Waals surface area contributed by atoms with E-state index in [1.807, 2.05) is 18.2 Å². The van der Waals surface area contributed by atoms with E-state index in [9.17, 15) is 14.4 Å². The molecule has 0 fully saturated rings. The summed E-state index contributed by atoms with van der Waals surface area (Å²) in [6.07, 6.45) is 1.26. The zero-order valence-corrected chi connectivity index (χ0v) is 16.3. The number of carbonyl (C=O) groups is 3. The SMILES string of the molecule is CCOC(=O)c1c(C)[nH]c(C)c1C(=O)COC(=O)c1cnn(-c2ccccc2)n1. The predicted molar refractivity (Wildman–Crippen MR) is 102 cm³/mol. The Hall–Kier alpha value is -3.75. The first-order valence-electron chi connectivity index (χ1n) is 8.96. The van der Waals surface area contributed by atoms with E-state index in [0.29, 0.717) is 17.1 Å². The minimum absolute atomic E-state index is 0.0331. The number of hydrogen-bond acceptors (Lipinski definition) is 7. The first kappa shape index (κ1) is 20.0. The van der Waals surface area contributed by atoms with Gasteiger partial charge in [0.15, 0.2) is 12.3 Å². The van der Waals surface area contributed by atoms with Crippen LogP contribution in [0.15, 0.2) is 36.5 Å². The van der Waals surface area contributed by atoms with E-state index >= 15 is 0 Å². The smallest absolute Gasteiger partial charge is 0.361 e. The Kier molecular flexibility index (Phi) is 5.87. The average molecular weight is 396 g/mol. The van der Waals surface area contributed by atoms with Crippen molar-refractivity contribution >= 4 is 17.7 Å². The van der Waals surface area contributed by atoms with Crippen LogP contribution in [0.3, 0.4) is 0 Å². The number of carbonyl (C=O) groups excluding carboxylic acids is 3. The highest BCUT2D eigenvalue weighted by atomic mass is 16.5. The van der Waals surface area contributed by atoms with Crippen molar-refractivity contribution < 1.29 is 23.9 Å². The third kappa shape index (κ3) is 4.23. The number of para-hydroxylation sites is 1. The Labute approximate surface area is 166 Å². The zero-order valence-electron chi connectivity index (χ0n) is 16.3. The normalized spacial score (nSPS) is 10.6. The van der Waals surface area contributed by atoms with Crippen molar-refractivity contribution in [3.63, 3.8) is 0 Å². The molecule has 3 aromatic rings. The fourth-order valence-corrected chi connectivity index (χ4v) is 2.91. The first-order chi connectivity index (χ1) is 13.9. The zero-order chi connectivity index (χ0) is 21.0. The Morgan fingerprint density at radius 1 is 1.00 bits per heavy atom. The molecule has 0 aliphatic heterocycles. The molecule has 0 atom stereocenters. The summed E-state index contributed by atoms with van der Waals surface area (Å²) in [7, 11) is 0. The number of rotatable bonds is 7. The van der Waals surface area contributed by atoms with Crippen LogP contribution in [0.4, 0.5) is 0 Å². The molecule has 2 heterocycles. The number of nitrogens with one attached hydrogen (secondary N) is 1. The summed E-state index contributed by atoms with van der Waals surface area (Å²) in [6, 6.07) is 9.05. The molecule has 0 spiro atoms. The van der Waals surface area contributed by atoms with Gasteiger partial charge >= 0.3 is 11.9 Å². The second kappa shape index (κ2) is 8.51. The summed E-state index contributed by atoms with van der Waals surface area (Å²) in [5.41, 5.74) is 1.97. The van der Waals surface area contributed by atoms with Crippen LogP contribution in [0.2, 0.25) is 0 Å². The molecule has 3 rings (SSSR count). The van der Waals surface area contributed by atoms with Gasteiger partial charge in [-0.1, -0.05) is 18.2 Å².